The van der Waals surface area contributed by atoms with E-state index in [2.05, 4.69) is 0 Å². The smallest absolute Gasteiger partial charge is 0.417 e. The first-order valence-corrected chi connectivity index (χ1v) is 14.1. The summed E-state index contributed by atoms with van der Waals surface area (Å²) >= 11 is 11.8. The molecule has 2 heterocycles. The second-order valence-electron chi connectivity index (χ2n) is 9.56. The molecule has 2 aromatic heterocycles. The number of aromatic nitrogens is 2. The Morgan fingerprint density at radius 1 is 0.791 bits per heavy atom. The standard InChI is InChI=1S/C27H34Cl2N8O6/c1-32-17-21(14-23(32)35(25(38)39)10-7-22(30)31)37(27(42)43)24-13-20(16-33(24)2)36(26(40)41)15-18-3-5-19(6-4-18)34(11-8-28)12-9-29/h3-6,13-14,16-17H,7-12,15H2,1-2H3,(H3,30,31)(H,38,39)(H,40,41)(H,42,43). The van der Waals surface area contributed by atoms with Gasteiger partial charge in [0.05, 0.1) is 23.8 Å². The fraction of sp³-hybridized carbons (Fsp3) is 0.333. The molecule has 3 amide bonds. The number of nitrogens with two attached hydrogens (primary N) is 1. The lowest BCUT2D eigenvalue weighted by molar-refractivity contribution is 0.200. The van der Waals surface area contributed by atoms with Crippen LogP contribution in [0, 0.1) is 5.41 Å². The molecule has 0 aliphatic heterocycles. The molecule has 16 heteroatoms. The van der Waals surface area contributed by atoms with Gasteiger partial charge in [0.25, 0.3) is 0 Å². The molecule has 1 aromatic carbocycles. The van der Waals surface area contributed by atoms with E-state index in [1.165, 1.54) is 33.7 Å². The number of amidine groups is 1. The molecule has 0 saturated carbocycles. The van der Waals surface area contributed by atoms with E-state index >= 15 is 0 Å². The first-order chi connectivity index (χ1) is 20.4. The lowest BCUT2D eigenvalue weighted by Gasteiger charge is -2.23. The first kappa shape index (κ1) is 32.9. The number of hydrogen-bond donors (Lipinski definition) is 5. The molecule has 43 heavy (non-hydrogen) atoms. The van der Waals surface area contributed by atoms with Crippen LogP contribution in [0.25, 0.3) is 0 Å². The van der Waals surface area contributed by atoms with Gasteiger partial charge in [0, 0.05) is 82.1 Å². The third-order valence-corrected chi connectivity index (χ3v) is 6.95. The summed E-state index contributed by atoms with van der Waals surface area (Å²) in [6.45, 7) is 1.11. The maximum absolute atomic E-state index is 12.5. The van der Waals surface area contributed by atoms with Crippen molar-refractivity contribution in [2.75, 3.05) is 51.0 Å². The van der Waals surface area contributed by atoms with Crippen LogP contribution < -0.4 is 25.3 Å². The summed E-state index contributed by atoms with van der Waals surface area (Å²) in [5, 5.41) is 37.3. The van der Waals surface area contributed by atoms with E-state index in [4.69, 9.17) is 34.3 Å². The first-order valence-electron chi connectivity index (χ1n) is 13.0. The van der Waals surface area contributed by atoms with E-state index in [0.717, 1.165) is 20.4 Å². The number of halogens is 2. The average Bonchev–Trinajstić information content (AvgIpc) is 3.49. The van der Waals surface area contributed by atoms with Crippen LogP contribution in [-0.4, -0.2) is 80.0 Å². The summed E-state index contributed by atoms with van der Waals surface area (Å²) in [6.07, 6.45) is -0.980. The molecule has 0 bridgehead atoms. The van der Waals surface area contributed by atoms with Crippen molar-refractivity contribution in [3.63, 3.8) is 0 Å². The van der Waals surface area contributed by atoms with Crippen LogP contribution in [0.2, 0.25) is 0 Å². The predicted molar refractivity (Wildman–Crippen MR) is 167 cm³/mol. The monoisotopic (exact) mass is 636 g/mol. The fourth-order valence-corrected chi connectivity index (χ4v) is 4.96. The van der Waals surface area contributed by atoms with Crippen LogP contribution in [0.3, 0.4) is 0 Å². The van der Waals surface area contributed by atoms with Gasteiger partial charge in [-0.15, -0.1) is 23.2 Å². The highest BCUT2D eigenvalue weighted by Gasteiger charge is 2.27. The summed E-state index contributed by atoms with van der Waals surface area (Å²) in [4.78, 5) is 41.7. The maximum Gasteiger partial charge on any atom is 0.417 e. The van der Waals surface area contributed by atoms with Crippen molar-refractivity contribution in [2.45, 2.75) is 13.0 Å². The lowest BCUT2D eigenvalue weighted by atomic mass is 10.1. The van der Waals surface area contributed by atoms with Gasteiger partial charge in [0.2, 0.25) is 0 Å². The quantitative estimate of drug-likeness (QED) is 0.0933. The summed E-state index contributed by atoms with van der Waals surface area (Å²) in [5.74, 6) is 0.955. The number of nitrogens with one attached hydrogen (secondary N) is 1. The Morgan fingerprint density at radius 2 is 1.33 bits per heavy atom. The molecule has 232 valence electrons. The highest BCUT2D eigenvalue weighted by Crippen LogP contribution is 2.34. The SMILES string of the molecule is Cn1cc(N(C(=O)O)c2cc(N(Cc3ccc(N(CCCl)CCCl)cc3)C(=O)O)cn2C)cc1N(CCC(=N)N)C(=O)O. The third kappa shape index (κ3) is 8.05. The minimum atomic E-state index is -1.37. The summed E-state index contributed by atoms with van der Waals surface area (Å²) in [5.41, 5.74) is 7.35. The van der Waals surface area contributed by atoms with Crippen LogP contribution in [0.1, 0.15) is 12.0 Å². The lowest BCUT2D eigenvalue weighted by Crippen LogP contribution is -2.33. The van der Waals surface area contributed by atoms with Crippen LogP contribution in [0.15, 0.2) is 48.8 Å². The van der Waals surface area contributed by atoms with Crippen LogP contribution in [0.4, 0.5) is 43.1 Å². The van der Waals surface area contributed by atoms with Gasteiger partial charge in [-0.3, -0.25) is 15.2 Å². The van der Waals surface area contributed by atoms with E-state index in [-0.39, 0.29) is 48.4 Å². The van der Waals surface area contributed by atoms with Crippen molar-refractivity contribution >= 4 is 76.0 Å². The molecule has 3 aromatic rings. The number of alkyl halides is 2. The molecule has 0 atom stereocenters. The number of carbonyl (C=O) groups is 3. The Hall–Kier alpha value is -4.56. The van der Waals surface area contributed by atoms with Crippen LogP contribution in [0.5, 0.6) is 0 Å². The molecule has 0 saturated heterocycles. The van der Waals surface area contributed by atoms with Gasteiger partial charge in [-0.1, -0.05) is 12.1 Å². The molecule has 0 unspecified atom stereocenters. The van der Waals surface area contributed by atoms with Gasteiger partial charge in [-0.2, -0.15) is 0 Å². The zero-order valence-electron chi connectivity index (χ0n) is 23.7. The normalized spacial score (nSPS) is 10.8. The molecule has 6 N–H and O–H groups in total. The van der Waals surface area contributed by atoms with Gasteiger partial charge in [-0.25, -0.2) is 19.3 Å². The Kier molecular flexibility index (Phi) is 11.2. The largest absolute Gasteiger partial charge is 0.465 e. The van der Waals surface area contributed by atoms with Crippen molar-refractivity contribution in [2.24, 2.45) is 19.8 Å². The number of amides is 3. The molecule has 3 rings (SSSR count). The number of benzene rings is 1. The zero-order valence-corrected chi connectivity index (χ0v) is 25.2. The van der Waals surface area contributed by atoms with Gasteiger partial charge in [0.15, 0.2) is 0 Å². The Labute approximate surface area is 258 Å². The molecular weight excluding hydrogens is 603 g/mol. The highest BCUT2D eigenvalue weighted by molar-refractivity contribution is 6.18. The van der Waals surface area contributed by atoms with Gasteiger partial charge in [-0.05, 0) is 17.7 Å². The van der Waals surface area contributed by atoms with Crippen molar-refractivity contribution in [1.29, 1.82) is 5.41 Å². The van der Waals surface area contributed by atoms with Crippen LogP contribution >= 0.6 is 23.2 Å². The number of anilines is 5. The molecule has 0 fully saturated rings. The molecule has 0 aliphatic carbocycles. The summed E-state index contributed by atoms with van der Waals surface area (Å²) in [6, 6.07) is 10.1. The second-order valence-corrected chi connectivity index (χ2v) is 10.3. The van der Waals surface area contributed by atoms with Crippen LogP contribution in [-0.2, 0) is 20.6 Å². The third-order valence-electron chi connectivity index (χ3n) is 6.61. The Morgan fingerprint density at radius 3 is 1.84 bits per heavy atom. The number of rotatable bonds is 14. The van der Waals surface area contributed by atoms with Gasteiger partial charge < -0.3 is 35.1 Å². The molecule has 0 spiro atoms. The molecule has 0 radical (unpaired) electrons. The van der Waals surface area contributed by atoms with E-state index in [1.54, 1.807) is 26.2 Å². The minimum absolute atomic E-state index is 0.00362. The summed E-state index contributed by atoms with van der Waals surface area (Å²) < 4.78 is 2.91. The minimum Gasteiger partial charge on any atom is -0.465 e. The van der Waals surface area contributed by atoms with E-state index < -0.39 is 18.3 Å². The van der Waals surface area contributed by atoms with Crippen molar-refractivity contribution in [3.8, 4) is 0 Å². The molecule has 0 aliphatic rings. The van der Waals surface area contributed by atoms with Crippen molar-refractivity contribution in [3.05, 3.63) is 54.4 Å². The average molecular weight is 638 g/mol. The van der Waals surface area contributed by atoms with Crippen molar-refractivity contribution < 1.29 is 29.7 Å². The maximum atomic E-state index is 12.5. The predicted octanol–water partition coefficient (Wildman–Crippen LogP) is 4.96. The fourth-order valence-electron chi connectivity index (χ4n) is 4.55. The van der Waals surface area contributed by atoms with Crippen molar-refractivity contribution in [1.82, 2.24) is 9.13 Å². The number of hydrogen-bond acceptors (Lipinski definition) is 5. The zero-order chi connectivity index (χ0) is 31.8. The number of nitrogens with zero attached hydrogens (tertiary/aromatic N) is 6. The summed E-state index contributed by atoms with van der Waals surface area (Å²) in [7, 11) is 3.13. The topological polar surface area (TPSA) is 185 Å². The van der Waals surface area contributed by atoms with E-state index in [0.29, 0.717) is 30.4 Å². The van der Waals surface area contributed by atoms with E-state index in [1.807, 2.05) is 17.0 Å². The van der Waals surface area contributed by atoms with E-state index in [9.17, 15) is 29.7 Å². The molecular formula is C27H34Cl2N8O6. The van der Waals surface area contributed by atoms with Gasteiger partial charge in [0.1, 0.15) is 11.6 Å². The molecule has 14 nitrogen and oxygen atoms in total. The number of carboxylic acid groups (broad SMARTS) is 3. The second kappa shape index (κ2) is 14.6. The highest BCUT2D eigenvalue weighted by atomic mass is 35.5. The van der Waals surface area contributed by atoms with Gasteiger partial charge >= 0.3 is 18.3 Å². The Bertz CT molecular complexity index is 1450. The Balaban J connectivity index is 1.92. The number of aryl methyl sites for hydroxylation is 2.